The maximum Gasteiger partial charge on any atom is 0.224 e. The lowest BCUT2D eigenvalue weighted by Crippen LogP contribution is -2.25. The first kappa shape index (κ1) is 21.0. The molecule has 1 aliphatic rings. The maximum atomic E-state index is 12.4. The van der Waals surface area contributed by atoms with Gasteiger partial charge in [0.05, 0.1) is 11.5 Å². The summed E-state index contributed by atoms with van der Waals surface area (Å²) >= 11 is 0. The monoisotopic (exact) mass is 414 g/mol. The van der Waals surface area contributed by atoms with E-state index in [4.69, 9.17) is 0 Å². The summed E-state index contributed by atoms with van der Waals surface area (Å²) in [7, 11) is -3.26. The first-order valence-electron chi connectivity index (χ1n) is 9.64. The number of nitrogens with one attached hydrogen (secondary N) is 2. The highest BCUT2D eigenvalue weighted by molar-refractivity contribution is 7.91. The number of carbonyl (C=O) groups excluding carboxylic acids is 2. The van der Waals surface area contributed by atoms with E-state index in [2.05, 4.69) is 10.6 Å². The van der Waals surface area contributed by atoms with Crippen molar-refractivity contribution >= 4 is 33.0 Å². The van der Waals surface area contributed by atoms with Gasteiger partial charge in [-0.1, -0.05) is 24.3 Å². The predicted octanol–water partition coefficient (Wildman–Crippen LogP) is 3.32. The molecule has 0 unspecified atom stereocenters. The van der Waals surface area contributed by atoms with Crippen LogP contribution in [0.1, 0.15) is 24.0 Å². The molecule has 2 aromatic rings. The average Bonchev–Trinajstić information content (AvgIpc) is 2.87. The highest BCUT2D eigenvalue weighted by atomic mass is 32.2. The molecule has 3 rings (SSSR count). The fourth-order valence-electron chi connectivity index (χ4n) is 3.79. The Bertz CT molecular complexity index is 941. The lowest BCUT2D eigenvalue weighted by molar-refractivity contribution is -0.119. The summed E-state index contributed by atoms with van der Waals surface area (Å²) in [5.74, 6) is -1.32. The quantitative estimate of drug-likeness (QED) is 0.758. The Hall–Kier alpha value is -2.67. The minimum Gasteiger partial charge on any atom is -0.326 e. The fraction of sp³-hybridized carbons (Fsp3) is 0.364. The van der Waals surface area contributed by atoms with Crippen LogP contribution in [0, 0.1) is 25.7 Å². The zero-order valence-electron chi connectivity index (χ0n) is 16.6. The number of benzene rings is 2. The van der Waals surface area contributed by atoms with Crippen LogP contribution in [-0.4, -0.2) is 31.7 Å². The number of amides is 2. The summed E-state index contributed by atoms with van der Waals surface area (Å²) in [6, 6.07) is 14.9. The second-order valence-electron chi connectivity index (χ2n) is 7.84. The third kappa shape index (κ3) is 6.15. The molecule has 154 valence electrons. The summed E-state index contributed by atoms with van der Waals surface area (Å²) in [6.07, 6.45) is 0.158. The maximum absolute atomic E-state index is 12.4. The number of sulfone groups is 1. The van der Waals surface area contributed by atoms with Gasteiger partial charge in [-0.3, -0.25) is 9.59 Å². The summed E-state index contributed by atoms with van der Waals surface area (Å²) in [6.45, 7) is 3.87. The Labute approximate surface area is 171 Å². The third-order valence-electron chi connectivity index (χ3n) is 5.10. The van der Waals surface area contributed by atoms with E-state index in [-0.39, 0.29) is 48.0 Å². The van der Waals surface area contributed by atoms with Crippen molar-refractivity contribution in [3.63, 3.8) is 0 Å². The Morgan fingerprint density at radius 3 is 1.62 bits per heavy atom. The minimum absolute atomic E-state index is 0.0589. The normalized spacial score (nSPS) is 20.2. The van der Waals surface area contributed by atoms with Gasteiger partial charge >= 0.3 is 0 Å². The van der Waals surface area contributed by atoms with E-state index in [0.717, 1.165) is 11.1 Å². The van der Waals surface area contributed by atoms with Crippen LogP contribution in [-0.2, 0) is 19.4 Å². The number of anilines is 2. The number of rotatable bonds is 6. The van der Waals surface area contributed by atoms with Crippen molar-refractivity contribution in [2.75, 3.05) is 22.1 Å². The molecule has 0 spiro atoms. The standard InChI is InChI=1S/C22H26N2O4S/c1-15-5-3-7-19(9-15)23-21(25)11-17-13-29(27,28)14-18(17)12-22(26)24-20-8-4-6-16(2)10-20/h3-10,17-18H,11-14H2,1-2H3,(H,23,25)(H,24,26)/t17-,18-/m0/s1. The number of aryl methyl sites for hydroxylation is 2. The molecule has 1 saturated heterocycles. The molecular weight excluding hydrogens is 388 g/mol. The molecular formula is C22H26N2O4S. The molecule has 2 amide bonds. The molecule has 0 saturated carbocycles. The summed E-state index contributed by atoms with van der Waals surface area (Å²) in [5.41, 5.74) is 3.42. The first-order chi connectivity index (χ1) is 13.7. The van der Waals surface area contributed by atoms with Crippen molar-refractivity contribution in [2.45, 2.75) is 26.7 Å². The van der Waals surface area contributed by atoms with Crippen molar-refractivity contribution in [2.24, 2.45) is 11.8 Å². The molecule has 2 aromatic carbocycles. The van der Waals surface area contributed by atoms with Crippen molar-refractivity contribution in [3.8, 4) is 0 Å². The van der Waals surface area contributed by atoms with Gasteiger partial charge in [0.1, 0.15) is 0 Å². The van der Waals surface area contributed by atoms with Crippen molar-refractivity contribution < 1.29 is 18.0 Å². The van der Waals surface area contributed by atoms with Crippen LogP contribution in [0.5, 0.6) is 0 Å². The van der Waals surface area contributed by atoms with E-state index in [9.17, 15) is 18.0 Å². The Morgan fingerprint density at radius 2 is 1.24 bits per heavy atom. The van der Waals surface area contributed by atoms with Crippen LogP contribution >= 0.6 is 0 Å². The van der Waals surface area contributed by atoms with Gasteiger partial charge in [0.15, 0.2) is 9.84 Å². The van der Waals surface area contributed by atoms with E-state index in [1.807, 2.05) is 50.2 Å². The van der Waals surface area contributed by atoms with E-state index in [1.54, 1.807) is 12.1 Å². The van der Waals surface area contributed by atoms with E-state index < -0.39 is 9.84 Å². The van der Waals surface area contributed by atoms with Gasteiger partial charge in [0, 0.05) is 24.2 Å². The average molecular weight is 415 g/mol. The summed E-state index contributed by atoms with van der Waals surface area (Å²) in [4.78, 5) is 24.9. The lowest BCUT2D eigenvalue weighted by Gasteiger charge is -2.17. The highest BCUT2D eigenvalue weighted by Crippen LogP contribution is 2.31. The van der Waals surface area contributed by atoms with Gasteiger partial charge in [-0.05, 0) is 61.1 Å². The Morgan fingerprint density at radius 1 is 0.828 bits per heavy atom. The van der Waals surface area contributed by atoms with Crippen molar-refractivity contribution in [1.29, 1.82) is 0 Å². The number of carbonyl (C=O) groups is 2. The zero-order valence-corrected chi connectivity index (χ0v) is 17.5. The van der Waals surface area contributed by atoms with Gasteiger partial charge in [-0.15, -0.1) is 0 Å². The van der Waals surface area contributed by atoms with Crippen LogP contribution in [0.4, 0.5) is 11.4 Å². The molecule has 2 N–H and O–H groups in total. The molecule has 7 heteroatoms. The molecule has 1 heterocycles. The summed E-state index contributed by atoms with van der Waals surface area (Å²) < 4.78 is 24.3. The highest BCUT2D eigenvalue weighted by Gasteiger charge is 2.39. The molecule has 0 radical (unpaired) electrons. The van der Waals surface area contributed by atoms with Crippen LogP contribution < -0.4 is 10.6 Å². The number of hydrogen-bond donors (Lipinski definition) is 2. The second-order valence-corrected chi connectivity index (χ2v) is 9.99. The van der Waals surface area contributed by atoms with Crippen LogP contribution in [0.3, 0.4) is 0 Å². The third-order valence-corrected chi connectivity index (χ3v) is 6.97. The van der Waals surface area contributed by atoms with Gasteiger partial charge < -0.3 is 10.6 Å². The van der Waals surface area contributed by atoms with Crippen LogP contribution in [0.25, 0.3) is 0 Å². The van der Waals surface area contributed by atoms with E-state index >= 15 is 0 Å². The van der Waals surface area contributed by atoms with Gasteiger partial charge in [-0.25, -0.2) is 8.42 Å². The topological polar surface area (TPSA) is 92.3 Å². The molecule has 0 bridgehead atoms. The van der Waals surface area contributed by atoms with Gasteiger partial charge in [0.2, 0.25) is 11.8 Å². The summed E-state index contributed by atoms with van der Waals surface area (Å²) in [5, 5.41) is 5.65. The van der Waals surface area contributed by atoms with Gasteiger partial charge in [0.25, 0.3) is 0 Å². The Balaban J connectivity index is 1.62. The predicted molar refractivity (Wildman–Crippen MR) is 114 cm³/mol. The van der Waals surface area contributed by atoms with E-state index in [1.165, 1.54) is 0 Å². The zero-order chi connectivity index (χ0) is 21.0. The van der Waals surface area contributed by atoms with Crippen molar-refractivity contribution in [1.82, 2.24) is 0 Å². The largest absolute Gasteiger partial charge is 0.326 e. The number of hydrogen-bond acceptors (Lipinski definition) is 4. The fourth-order valence-corrected chi connectivity index (χ4v) is 6.01. The SMILES string of the molecule is Cc1cccc(NC(=O)C[C@H]2CS(=O)(=O)C[C@@H]2CC(=O)Nc2cccc(C)c2)c1. The van der Waals surface area contributed by atoms with Crippen LogP contribution in [0.15, 0.2) is 48.5 Å². The molecule has 0 aliphatic carbocycles. The van der Waals surface area contributed by atoms with Crippen molar-refractivity contribution in [3.05, 3.63) is 59.7 Å². The molecule has 6 nitrogen and oxygen atoms in total. The van der Waals surface area contributed by atoms with Crippen LogP contribution in [0.2, 0.25) is 0 Å². The first-order valence-corrected chi connectivity index (χ1v) is 11.5. The minimum atomic E-state index is -3.26. The second kappa shape index (κ2) is 8.78. The van der Waals surface area contributed by atoms with E-state index in [0.29, 0.717) is 11.4 Å². The molecule has 1 aliphatic heterocycles. The van der Waals surface area contributed by atoms with Gasteiger partial charge in [-0.2, -0.15) is 0 Å². The molecule has 2 atom stereocenters. The molecule has 0 aromatic heterocycles. The molecule has 1 fully saturated rings. The lowest BCUT2D eigenvalue weighted by atomic mass is 9.89. The Kier molecular flexibility index (Phi) is 6.37. The smallest absolute Gasteiger partial charge is 0.224 e. The molecule has 29 heavy (non-hydrogen) atoms.